The van der Waals surface area contributed by atoms with Crippen molar-refractivity contribution in [1.82, 2.24) is 9.38 Å². The second kappa shape index (κ2) is 6.12. The van der Waals surface area contributed by atoms with Crippen molar-refractivity contribution >= 4 is 17.2 Å². The van der Waals surface area contributed by atoms with Gasteiger partial charge in [0.1, 0.15) is 6.61 Å². The molecule has 0 radical (unpaired) electrons. The summed E-state index contributed by atoms with van der Waals surface area (Å²) in [5.41, 5.74) is -0.0661. The van der Waals surface area contributed by atoms with E-state index >= 15 is 0 Å². The van der Waals surface area contributed by atoms with Crippen LogP contribution in [0.5, 0.6) is 5.75 Å². The first-order chi connectivity index (χ1) is 11.0. The van der Waals surface area contributed by atoms with Gasteiger partial charge in [-0.25, -0.2) is 4.98 Å². The highest BCUT2D eigenvalue weighted by atomic mass is 35.5. The Labute approximate surface area is 135 Å². The zero-order chi connectivity index (χ0) is 16.4. The lowest BCUT2D eigenvalue weighted by Gasteiger charge is -2.07. The topological polar surface area (TPSA) is 26.5 Å². The summed E-state index contributed by atoms with van der Waals surface area (Å²) in [6.07, 6.45) is -3.07. The average Bonchev–Trinajstić information content (AvgIpc) is 2.93. The minimum absolute atomic E-state index is 0.0978. The number of fused-ring (bicyclic) bond motifs is 1. The van der Waals surface area contributed by atoms with Gasteiger partial charge in [-0.1, -0.05) is 30.3 Å². The molecule has 0 bridgehead atoms. The van der Waals surface area contributed by atoms with Gasteiger partial charge in [0.2, 0.25) is 0 Å². The minimum atomic E-state index is -4.56. The fraction of sp³-hybridized carbons (Fsp3) is 0.188. The van der Waals surface area contributed by atoms with Crippen molar-refractivity contribution in [3.8, 4) is 5.75 Å². The van der Waals surface area contributed by atoms with Crippen molar-refractivity contribution in [3.05, 3.63) is 65.6 Å². The average molecular weight is 341 g/mol. The van der Waals surface area contributed by atoms with Gasteiger partial charge < -0.3 is 4.74 Å². The molecule has 0 saturated heterocycles. The number of rotatable bonds is 4. The summed E-state index contributed by atoms with van der Waals surface area (Å²) >= 11 is 5.68. The molecule has 0 fully saturated rings. The number of alkyl halides is 4. The molecule has 0 amide bonds. The smallest absolute Gasteiger partial charge is 0.435 e. The summed E-state index contributed by atoms with van der Waals surface area (Å²) < 4.78 is 46.2. The summed E-state index contributed by atoms with van der Waals surface area (Å²) in [6.45, 7) is 0.241. The number of imidazole rings is 1. The van der Waals surface area contributed by atoms with E-state index in [9.17, 15) is 13.2 Å². The van der Waals surface area contributed by atoms with Crippen LogP contribution in [0.3, 0.4) is 0 Å². The van der Waals surface area contributed by atoms with Gasteiger partial charge in [0.15, 0.2) is 17.1 Å². The predicted molar refractivity (Wildman–Crippen MR) is 80.5 cm³/mol. The standard InChI is InChI=1S/C16H12ClF3N2O/c17-9-12-14(16(18,19)20)21-15-13(7-4-8-22(12)15)23-10-11-5-2-1-3-6-11/h1-8H,9-10H2. The first kappa shape index (κ1) is 15.7. The predicted octanol–water partition coefficient (Wildman–Crippen LogP) is 4.67. The summed E-state index contributed by atoms with van der Waals surface area (Å²) in [5, 5.41) is 0. The van der Waals surface area contributed by atoms with Crippen LogP contribution < -0.4 is 4.74 Å². The first-order valence-electron chi connectivity index (χ1n) is 6.80. The van der Waals surface area contributed by atoms with Crippen molar-refractivity contribution in [2.24, 2.45) is 0 Å². The molecular formula is C16H12ClF3N2O. The molecule has 0 aliphatic carbocycles. The lowest BCUT2D eigenvalue weighted by Crippen LogP contribution is -2.08. The van der Waals surface area contributed by atoms with Crippen LogP contribution in [0.1, 0.15) is 17.0 Å². The van der Waals surface area contributed by atoms with Crippen molar-refractivity contribution in [2.45, 2.75) is 18.7 Å². The maximum absolute atomic E-state index is 13.1. The molecule has 2 aromatic heterocycles. The quantitative estimate of drug-likeness (QED) is 0.645. The van der Waals surface area contributed by atoms with Gasteiger partial charge in [-0.05, 0) is 17.7 Å². The van der Waals surface area contributed by atoms with E-state index in [1.54, 1.807) is 12.1 Å². The van der Waals surface area contributed by atoms with Crippen molar-refractivity contribution < 1.29 is 17.9 Å². The molecule has 3 rings (SSSR count). The first-order valence-corrected chi connectivity index (χ1v) is 7.34. The van der Waals surface area contributed by atoms with Crippen LogP contribution in [0, 0.1) is 0 Å². The number of ether oxygens (including phenoxy) is 1. The largest absolute Gasteiger partial charge is 0.485 e. The van der Waals surface area contributed by atoms with Crippen LogP contribution in [-0.4, -0.2) is 9.38 Å². The highest BCUT2D eigenvalue weighted by Gasteiger charge is 2.38. The van der Waals surface area contributed by atoms with Crippen molar-refractivity contribution in [3.63, 3.8) is 0 Å². The van der Waals surface area contributed by atoms with E-state index in [0.29, 0.717) is 0 Å². The van der Waals surface area contributed by atoms with E-state index in [2.05, 4.69) is 4.98 Å². The molecule has 3 aromatic rings. The normalized spacial score (nSPS) is 11.8. The summed E-state index contributed by atoms with van der Waals surface area (Å²) in [5.74, 6) is -0.0174. The lowest BCUT2D eigenvalue weighted by atomic mass is 10.2. The summed E-state index contributed by atoms with van der Waals surface area (Å²) in [7, 11) is 0. The van der Waals surface area contributed by atoms with E-state index in [-0.39, 0.29) is 29.6 Å². The van der Waals surface area contributed by atoms with Crippen LogP contribution in [-0.2, 0) is 18.7 Å². The Hall–Kier alpha value is -2.21. The van der Waals surface area contributed by atoms with Crippen LogP contribution >= 0.6 is 11.6 Å². The molecule has 0 aliphatic rings. The third kappa shape index (κ3) is 3.12. The van der Waals surface area contributed by atoms with Crippen molar-refractivity contribution in [2.75, 3.05) is 0 Å². The van der Waals surface area contributed by atoms with E-state index in [0.717, 1.165) is 5.56 Å². The molecule has 23 heavy (non-hydrogen) atoms. The Morgan fingerprint density at radius 1 is 1.09 bits per heavy atom. The Morgan fingerprint density at radius 3 is 2.48 bits per heavy atom. The lowest BCUT2D eigenvalue weighted by molar-refractivity contribution is -0.141. The zero-order valence-corrected chi connectivity index (χ0v) is 12.6. The third-order valence-electron chi connectivity index (χ3n) is 3.35. The van der Waals surface area contributed by atoms with Gasteiger partial charge in [0, 0.05) is 6.20 Å². The van der Waals surface area contributed by atoms with Crippen molar-refractivity contribution in [1.29, 1.82) is 0 Å². The molecule has 0 unspecified atom stereocenters. The molecule has 0 saturated carbocycles. The maximum Gasteiger partial charge on any atom is 0.435 e. The van der Waals surface area contributed by atoms with E-state index in [1.807, 2.05) is 30.3 Å². The highest BCUT2D eigenvalue weighted by Crippen LogP contribution is 2.34. The number of pyridine rings is 1. The Morgan fingerprint density at radius 2 is 1.83 bits per heavy atom. The second-order valence-corrected chi connectivity index (χ2v) is 5.15. The number of halogens is 4. The molecule has 1 aromatic carbocycles. The second-order valence-electron chi connectivity index (χ2n) is 4.88. The SMILES string of the molecule is FC(F)(F)c1nc2c(OCc3ccccc3)cccn2c1CCl. The number of aromatic nitrogens is 2. The summed E-state index contributed by atoms with van der Waals surface area (Å²) in [6, 6.07) is 12.5. The van der Waals surface area contributed by atoms with Gasteiger partial charge in [0.05, 0.1) is 11.6 Å². The minimum Gasteiger partial charge on any atom is -0.485 e. The molecule has 2 heterocycles. The Balaban J connectivity index is 2.00. The number of hydrogen-bond acceptors (Lipinski definition) is 2. The maximum atomic E-state index is 13.1. The number of nitrogens with zero attached hydrogens (tertiary/aromatic N) is 2. The Bertz CT molecular complexity index is 815. The van der Waals surface area contributed by atoms with Gasteiger partial charge in [-0.3, -0.25) is 4.40 Å². The molecule has 0 atom stereocenters. The zero-order valence-electron chi connectivity index (χ0n) is 11.8. The van der Waals surface area contributed by atoms with E-state index < -0.39 is 11.9 Å². The number of benzene rings is 1. The van der Waals surface area contributed by atoms with Gasteiger partial charge >= 0.3 is 6.18 Å². The Kier molecular flexibility index (Phi) is 4.17. The molecule has 0 N–H and O–H groups in total. The van der Waals surface area contributed by atoms with Gasteiger partial charge in [-0.15, -0.1) is 11.6 Å². The molecule has 0 spiro atoms. The van der Waals surface area contributed by atoms with E-state index in [4.69, 9.17) is 16.3 Å². The number of hydrogen-bond donors (Lipinski definition) is 0. The van der Waals surface area contributed by atoms with E-state index in [1.165, 1.54) is 10.6 Å². The fourth-order valence-electron chi connectivity index (χ4n) is 2.29. The molecule has 120 valence electrons. The fourth-order valence-corrected chi connectivity index (χ4v) is 2.55. The molecule has 3 nitrogen and oxygen atoms in total. The van der Waals surface area contributed by atoms with Crippen LogP contribution in [0.25, 0.3) is 5.65 Å². The van der Waals surface area contributed by atoms with Gasteiger partial charge in [0.25, 0.3) is 0 Å². The van der Waals surface area contributed by atoms with Crippen LogP contribution in [0.15, 0.2) is 48.7 Å². The third-order valence-corrected chi connectivity index (χ3v) is 3.60. The van der Waals surface area contributed by atoms with Gasteiger partial charge in [-0.2, -0.15) is 13.2 Å². The monoisotopic (exact) mass is 340 g/mol. The molecular weight excluding hydrogens is 329 g/mol. The summed E-state index contributed by atoms with van der Waals surface area (Å²) in [4.78, 5) is 3.70. The van der Waals surface area contributed by atoms with Crippen LogP contribution in [0.2, 0.25) is 0 Å². The van der Waals surface area contributed by atoms with Crippen LogP contribution in [0.4, 0.5) is 13.2 Å². The molecule has 7 heteroatoms. The highest BCUT2D eigenvalue weighted by molar-refractivity contribution is 6.17. The molecule has 0 aliphatic heterocycles.